The van der Waals surface area contributed by atoms with Crippen molar-refractivity contribution in [2.75, 3.05) is 30.1 Å². The molecular formula is C25H33N3O5S. The predicted octanol–water partition coefficient (Wildman–Crippen LogP) is 2.46. The second-order valence-corrected chi connectivity index (χ2v) is 10.9. The van der Waals surface area contributed by atoms with Gasteiger partial charge in [0.05, 0.1) is 17.9 Å². The topological polar surface area (TPSA) is 108 Å². The lowest BCUT2D eigenvalue weighted by Gasteiger charge is -2.29. The zero-order valence-corrected chi connectivity index (χ0v) is 20.3. The lowest BCUT2D eigenvalue weighted by atomic mass is 10.00. The van der Waals surface area contributed by atoms with Gasteiger partial charge >= 0.3 is 0 Å². The third-order valence-corrected chi connectivity index (χ3v) is 7.74. The highest BCUT2D eigenvalue weighted by Crippen LogP contribution is 2.31. The Morgan fingerprint density at radius 1 is 1.21 bits per heavy atom. The van der Waals surface area contributed by atoms with Crippen LogP contribution in [0.1, 0.15) is 43.4 Å². The maximum atomic E-state index is 13.2. The molecule has 2 heterocycles. The van der Waals surface area contributed by atoms with E-state index in [2.05, 4.69) is 14.9 Å². The number of amides is 1. The molecular weight excluding hydrogens is 454 g/mol. The predicted molar refractivity (Wildman–Crippen MR) is 131 cm³/mol. The molecule has 0 radical (unpaired) electrons. The standard InChI is InChI=1S/C25H33N3O5S/c1-2-14-34(31,32)27-20-9-11-23-19(15-20)8-10-24(33-23)25(30)26-22(18-6-4-3-5-7-18)17-28-13-12-21(29)16-28/h3-7,9,11,15,21-22,24,27,29H,2,8,10,12-14,16-17H2,1H3,(H,26,30). The minimum absolute atomic E-state index is 0.0712. The van der Waals surface area contributed by atoms with Gasteiger partial charge in [-0.05, 0) is 55.0 Å². The van der Waals surface area contributed by atoms with E-state index in [1.165, 1.54) is 0 Å². The summed E-state index contributed by atoms with van der Waals surface area (Å²) in [6.07, 6.45) is 1.47. The summed E-state index contributed by atoms with van der Waals surface area (Å²) in [6.45, 7) is 3.86. The summed E-state index contributed by atoms with van der Waals surface area (Å²) in [7, 11) is -3.36. The molecule has 184 valence electrons. The number of fused-ring (bicyclic) bond motifs is 1. The second-order valence-electron chi connectivity index (χ2n) is 9.06. The quantitative estimate of drug-likeness (QED) is 0.502. The van der Waals surface area contributed by atoms with E-state index in [4.69, 9.17) is 4.74 Å². The number of hydrogen-bond acceptors (Lipinski definition) is 6. The van der Waals surface area contributed by atoms with Crippen molar-refractivity contribution in [1.82, 2.24) is 10.2 Å². The van der Waals surface area contributed by atoms with Crippen molar-refractivity contribution in [3.63, 3.8) is 0 Å². The van der Waals surface area contributed by atoms with E-state index in [0.717, 1.165) is 24.1 Å². The third-order valence-electron chi connectivity index (χ3n) is 6.25. The van der Waals surface area contributed by atoms with Crippen LogP contribution in [0.15, 0.2) is 48.5 Å². The number of aliphatic hydroxyl groups excluding tert-OH is 1. The van der Waals surface area contributed by atoms with Crippen LogP contribution < -0.4 is 14.8 Å². The number of aliphatic hydroxyl groups is 1. The SMILES string of the molecule is CCCS(=O)(=O)Nc1ccc2c(c1)CCC(C(=O)NC(CN1CCC(O)C1)c1ccccc1)O2. The molecule has 1 saturated heterocycles. The summed E-state index contributed by atoms with van der Waals surface area (Å²) in [5.74, 6) is 0.498. The van der Waals surface area contributed by atoms with Gasteiger partial charge in [0.25, 0.3) is 5.91 Å². The molecule has 2 aliphatic rings. The average molecular weight is 488 g/mol. The highest BCUT2D eigenvalue weighted by atomic mass is 32.2. The Labute approximate surface area is 201 Å². The lowest BCUT2D eigenvalue weighted by Crippen LogP contribution is -2.45. The first-order chi connectivity index (χ1) is 16.3. The number of β-amino-alcohol motifs (C(OH)–C–C–N with tert-alkyl or cyclic N) is 1. The van der Waals surface area contributed by atoms with Gasteiger partial charge in [-0.1, -0.05) is 37.3 Å². The molecule has 0 saturated carbocycles. The van der Waals surface area contributed by atoms with Gasteiger partial charge in [-0.3, -0.25) is 14.4 Å². The fraction of sp³-hybridized carbons (Fsp3) is 0.480. The molecule has 1 amide bonds. The lowest BCUT2D eigenvalue weighted by molar-refractivity contribution is -0.129. The summed E-state index contributed by atoms with van der Waals surface area (Å²) in [5.41, 5.74) is 2.40. The van der Waals surface area contributed by atoms with E-state index < -0.39 is 16.1 Å². The van der Waals surface area contributed by atoms with Crippen LogP contribution in [0, 0.1) is 0 Å². The molecule has 0 aliphatic carbocycles. The Morgan fingerprint density at radius 2 is 2.00 bits per heavy atom. The number of rotatable bonds is 9. The van der Waals surface area contributed by atoms with Crippen molar-refractivity contribution in [2.24, 2.45) is 0 Å². The van der Waals surface area contributed by atoms with E-state index in [9.17, 15) is 18.3 Å². The van der Waals surface area contributed by atoms with Gasteiger partial charge in [0.2, 0.25) is 10.0 Å². The van der Waals surface area contributed by atoms with Crippen LogP contribution in [0.2, 0.25) is 0 Å². The van der Waals surface area contributed by atoms with Crippen LogP contribution in [-0.2, 0) is 21.2 Å². The fourth-order valence-corrected chi connectivity index (χ4v) is 5.68. The Bertz CT molecular complexity index is 1090. The van der Waals surface area contributed by atoms with Gasteiger partial charge in [0.1, 0.15) is 5.75 Å². The maximum Gasteiger partial charge on any atom is 0.261 e. The Balaban J connectivity index is 1.42. The van der Waals surface area contributed by atoms with Crippen molar-refractivity contribution in [3.05, 3.63) is 59.7 Å². The van der Waals surface area contributed by atoms with Gasteiger partial charge < -0.3 is 15.2 Å². The van der Waals surface area contributed by atoms with E-state index >= 15 is 0 Å². The molecule has 3 atom stereocenters. The van der Waals surface area contributed by atoms with Gasteiger partial charge in [0.15, 0.2) is 6.10 Å². The van der Waals surface area contributed by atoms with Gasteiger partial charge in [-0.2, -0.15) is 0 Å². The first kappa shape index (κ1) is 24.5. The zero-order chi connectivity index (χ0) is 24.1. The number of carbonyl (C=O) groups excluding carboxylic acids is 1. The monoisotopic (exact) mass is 487 g/mol. The first-order valence-corrected chi connectivity index (χ1v) is 13.5. The molecule has 9 heteroatoms. The fourth-order valence-electron chi connectivity index (χ4n) is 4.56. The first-order valence-electron chi connectivity index (χ1n) is 11.9. The van der Waals surface area contributed by atoms with Gasteiger partial charge in [-0.15, -0.1) is 0 Å². The van der Waals surface area contributed by atoms with E-state index in [0.29, 0.717) is 43.8 Å². The van der Waals surface area contributed by atoms with Crippen molar-refractivity contribution in [3.8, 4) is 5.75 Å². The van der Waals surface area contributed by atoms with Crippen LogP contribution in [0.25, 0.3) is 0 Å². The summed E-state index contributed by atoms with van der Waals surface area (Å²) in [4.78, 5) is 15.3. The number of hydrogen-bond donors (Lipinski definition) is 3. The normalized spacial score (nSPS) is 21.4. The Hall–Kier alpha value is -2.62. The number of sulfonamides is 1. The smallest absolute Gasteiger partial charge is 0.261 e. The highest BCUT2D eigenvalue weighted by Gasteiger charge is 2.30. The average Bonchev–Trinajstić information content (AvgIpc) is 3.23. The molecule has 1 fully saturated rings. The van der Waals surface area contributed by atoms with E-state index in [1.54, 1.807) is 18.2 Å². The number of aryl methyl sites for hydroxylation is 1. The maximum absolute atomic E-state index is 13.2. The number of ether oxygens (including phenoxy) is 1. The largest absolute Gasteiger partial charge is 0.480 e. The van der Waals surface area contributed by atoms with Crippen molar-refractivity contribution in [1.29, 1.82) is 0 Å². The van der Waals surface area contributed by atoms with E-state index in [-0.39, 0.29) is 23.8 Å². The van der Waals surface area contributed by atoms with Gasteiger partial charge in [-0.25, -0.2) is 8.42 Å². The van der Waals surface area contributed by atoms with Crippen molar-refractivity contribution in [2.45, 2.75) is 50.9 Å². The summed E-state index contributed by atoms with van der Waals surface area (Å²) < 4.78 is 32.7. The number of anilines is 1. The number of likely N-dealkylation sites (tertiary alicyclic amines) is 1. The molecule has 4 rings (SSSR count). The molecule has 3 unspecified atom stereocenters. The Kier molecular flexibility index (Phi) is 7.75. The molecule has 8 nitrogen and oxygen atoms in total. The van der Waals surface area contributed by atoms with Gasteiger partial charge in [0, 0.05) is 25.3 Å². The molecule has 3 N–H and O–H groups in total. The van der Waals surface area contributed by atoms with Crippen LogP contribution >= 0.6 is 0 Å². The molecule has 0 spiro atoms. The minimum atomic E-state index is -3.36. The summed E-state index contributed by atoms with van der Waals surface area (Å²) >= 11 is 0. The molecule has 2 aromatic rings. The molecule has 0 bridgehead atoms. The second kappa shape index (κ2) is 10.8. The molecule has 2 aromatic carbocycles. The van der Waals surface area contributed by atoms with Crippen LogP contribution in [0.3, 0.4) is 0 Å². The molecule has 34 heavy (non-hydrogen) atoms. The summed E-state index contributed by atoms with van der Waals surface area (Å²) in [6, 6.07) is 14.8. The van der Waals surface area contributed by atoms with Crippen LogP contribution in [0.5, 0.6) is 5.75 Å². The minimum Gasteiger partial charge on any atom is -0.480 e. The number of nitrogens with zero attached hydrogens (tertiary/aromatic N) is 1. The number of nitrogens with one attached hydrogen (secondary N) is 2. The number of carbonyl (C=O) groups is 1. The van der Waals surface area contributed by atoms with E-state index in [1.807, 2.05) is 37.3 Å². The van der Waals surface area contributed by atoms with Crippen LogP contribution in [-0.4, -0.2) is 61.9 Å². The van der Waals surface area contributed by atoms with Crippen LogP contribution in [0.4, 0.5) is 5.69 Å². The molecule has 2 aliphatic heterocycles. The summed E-state index contributed by atoms with van der Waals surface area (Å²) in [5, 5.41) is 13.0. The molecule has 0 aromatic heterocycles. The van der Waals surface area contributed by atoms with Crippen molar-refractivity contribution < 1.29 is 23.1 Å². The number of benzene rings is 2. The zero-order valence-electron chi connectivity index (χ0n) is 19.4. The Morgan fingerprint density at radius 3 is 2.71 bits per heavy atom. The third kappa shape index (κ3) is 6.28. The van der Waals surface area contributed by atoms with Crippen molar-refractivity contribution >= 4 is 21.6 Å². The highest BCUT2D eigenvalue weighted by molar-refractivity contribution is 7.92.